The number of aliphatic hydroxyl groups is 1. The molecule has 19 heteroatoms. The minimum absolute atomic E-state index is 0.00267. The number of carbonyl (C=O) groups is 4. The van der Waals surface area contributed by atoms with Crippen LogP contribution in [-0.2, 0) is 65.4 Å². The summed E-state index contributed by atoms with van der Waals surface area (Å²) in [6.45, 7) is 4.60. The fourth-order valence-corrected chi connectivity index (χ4v) is 12.2. The molecule has 0 aromatic rings. The van der Waals surface area contributed by atoms with Gasteiger partial charge in [-0.25, -0.2) is 9.13 Å². The van der Waals surface area contributed by atoms with Crippen molar-refractivity contribution in [2.45, 2.75) is 341 Å². The Hall–Kier alpha value is -5.32. The van der Waals surface area contributed by atoms with Crippen molar-refractivity contribution in [1.82, 2.24) is 0 Å². The van der Waals surface area contributed by atoms with Crippen LogP contribution >= 0.6 is 15.6 Å². The molecule has 17 nitrogen and oxygen atoms in total. The molecule has 0 saturated carbocycles. The first-order valence-electron chi connectivity index (χ1n) is 41.7. The van der Waals surface area contributed by atoms with Gasteiger partial charge < -0.3 is 33.8 Å². The van der Waals surface area contributed by atoms with Gasteiger partial charge >= 0.3 is 39.5 Å². The Kier molecular flexibility index (Phi) is 75.8. The van der Waals surface area contributed by atoms with Crippen molar-refractivity contribution in [1.29, 1.82) is 0 Å². The number of rotatable bonds is 77. The third-order valence-corrected chi connectivity index (χ3v) is 18.9. The number of hydrogen-bond acceptors (Lipinski definition) is 15. The van der Waals surface area contributed by atoms with E-state index in [2.05, 4.69) is 143 Å². The van der Waals surface area contributed by atoms with Gasteiger partial charge in [-0.05, 0) is 141 Å². The quantitative estimate of drug-likeness (QED) is 0.0169. The number of aliphatic hydroxyl groups excluding tert-OH is 1. The second kappa shape index (κ2) is 79.8. The highest BCUT2D eigenvalue weighted by atomic mass is 31.2. The number of allylic oxidation sites excluding steroid dienone is 26. The molecular formula is C89H148O17P2. The van der Waals surface area contributed by atoms with E-state index in [4.69, 9.17) is 37.0 Å². The van der Waals surface area contributed by atoms with Gasteiger partial charge in [0.2, 0.25) is 0 Å². The lowest BCUT2D eigenvalue weighted by molar-refractivity contribution is -0.161. The first-order valence-corrected chi connectivity index (χ1v) is 44.7. The van der Waals surface area contributed by atoms with Crippen molar-refractivity contribution in [3.8, 4) is 0 Å². The van der Waals surface area contributed by atoms with E-state index in [0.29, 0.717) is 44.9 Å². The van der Waals surface area contributed by atoms with Gasteiger partial charge in [-0.2, -0.15) is 0 Å². The minimum Gasteiger partial charge on any atom is -0.462 e. The highest BCUT2D eigenvalue weighted by Crippen LogP contribution is 2.45. The molecular weight excluding hydrogens is 1400 g/mol. The molecule has 108 heavy (non-hydrogen) atoms. The topological polar surface area (TPSA) is 237 Å². The fourth-order valence-electron chi connectivity index (χ4n) is 10.6. The largest absolute Gasteiger partial charge is 0.472 e. The summed E-state index contributed by atoms with van der Waals surface area (Å²) in [6, 6.07) is 0. The van der Waals surface area contributed by atoms with Gasteiger partial charge in [0.05, 0.1) is 26.4 Å². The van der Waals surface area contributed by atoms with Crippen LogP contribution in [0.5, 0.6) is 0 Å². The maximum atomic E-state index is 13.1. The first kappa shape index (κ1) is 103. The maximum absolute atomic E-state index is 13.1. The number of ether oxygens (including phenoxy) is 4. The first-order chi connectivity index (χ1) is 52.7. The molecule has 0 aliphatic heterocycles. The third kappa shape index (κ3) is 78.8. The molecule has 0 spiro atoms. The van der Waals surface area contributed by atoms with Crippen LogP contribution in [-0.4, -0.2) is 96.7 Å². The summed E-state index contributed by atoms with van der Waals surface area (Å²) < 4.78 is 68.5. The molecule has 616 valence electrons. The maximum Gasteiger partial charge on any atom is 0.472 e. The van der Waals surface area contributed by atoms with E-state index < -0.39 is 97.5 Å². The van der Waals surface area contributed by atoms with Gasteiger partial charge in [-0.15, -0.1) is 0 Å². The van der Waals surface area contributed by atoms with Gasteiger partial charge in [-0.3, -0.25) is 37.3 Å². The van der Waals surface area contributed by atoms with E-state index >= 15 is 0 Å². The fraction of sp³-hybridized carbons (Fsp3) is 0.663. The van der Waals surface area contributed by atoms with Gasteiger partial charge in [0.25, 0.3) is 0 Å². The molecule has 2 unspecified atom stereocenters. The van der Waals surface area contributed by atoms with Crippen LogP contribution in [0.25, 0.3) is 0 Å². The van der Waals surface area contributed by atoms with Crippen molar-refractivity contribution in [3.63, 3.8) is 0 Å². The van der Waals surface area contributed by atoms with Gasteiger partial charge in [0, 0.05) is 25.7 Å². The van der Waals surface area contributed by atoms with Crippen LogP contribution in [0, 0.1) is 0 Å². The summed E-state index contributed by atoms with van der Waals surface area (Å²) in [7, 11) is -10.0. The molecule has 0 aromatic heterocycles. The molecule has 3 N–H and O–H groups in total. The Bertz CT molecular complexity index is 2660. The molecule has 0 bridgehead atoms. The molecule has 0 saturated heterocycles. The predicted molar refractivity (Wildman–Crippen MR) is 445 cm³/mol. The van der Waals surface area contributed by atoms with Crippen LogP contribution in [0.2, 0.25) is 0 Å². The van der Waals surface area contributed by atoms with Crippen molar-refractivity contribution in [2.75, 3.05) is 39.6 Å². The number of phosphoric acid groups is 2. The van der Waals surface area contributed by atoms with Gasteiger partial charge in [0.15, 0.2) is 12.2 Å². The van der Waals surface area contributed by atoms with Crippen LogP contribution in [0.4, 0.5) is 0 Å². The molecule has 0 aliphatic rings. The molecule has 0 amide bonds. The van der Waals surface area contributed by atoms with Gasteiger partial charge in [0.1, 0.15) is 19.3 Å². The number of phosphoric ester groups is 2. The number of carbonyl (C=O) groups excluding carboxylic acids is 4. The van der Waals surface area contributed by atoms with Crippen molar-refractivity contribution >= 4 is 39.5 Å². The van der Waals surface area contributed by atoms with Crippen molar-refractivity contribution < 1.29 is 80.2 Å². The molecule has 0 aliphatic carbocycles. The van der Waals surface area contributed by atoms with E-state index in [1.807, 2.05) is 42.5 Å². The van der Waals surface area contributed by atoms with E-state index in [0.717, 1.165) is 103 Å². The molecule has 0 aromatic carbocycles. The molecule has 0 heterocycles. The third-order valence-electron chi connectivity index (χ3n) is 17.0. The summed E-state index contributed by atoms with van der Waals surface area (Å²) in [4.78, 5) is 73.1. The van der Waals surface area contributed by atoms with Crippen LogP contribution in [0.1, 0.15) is 323 Å². The standard InChI is InChI=1S/C89H148O17P2/c1-5-9-13-17-21-25-29-33-37-40-41-44-46-50-54-58-62-66-70-74-87(92)100-80-85(106-89(94)76-72-68-64-60-56-52-48-43-39-35-31-27-23-19-15-11-7-3)82-104-108(97,98)102-78-83(90)77-101-107(95,96)103-81-84(79-99-86(91)73-69-65-61-57-53-49-45-36-32-28-24-20-16-12-8-4)105-88(93)75-71-67-63-59-55-51-47-42-38-34-30-26-22-18-14-10-6-2/h21-23,25-27,33-35,37-39,41,44,47-48,50-52,54,59-60,62-64,66,83-85,90H,5-20,24,28-32,36,40,42-43,45-46,49,53,55-58,61,65,67-82H2,1-4H3,(H,95,96)(H,97,98)/b25-21-,26-22-,27-23-,37-33-,38-34-,39-35-,44-41-,51-47-,52-48-,54-50-,63-59-,64-60-,66-62-/t83-,84+,85+/m0/s1. The van der Waals surface area contributed by atoms with Crippen LogP contribution < -0.4 is 0 Å². The molecule has 0 rings (SSSR count). The summed E-state index contributed by atoms with van der Waals surface area (Å²) in [5, 5.41) is 10.7. The summed E-state index contributed by atoms with van der Waals surface area (Å²) in [6.07, 6.45) is 93.9. The number of hydrogen-bond donors (Lipinski definition) is 3. The van der Waals surface area contributed by atoms with Crippen LogP contribution in [0.15, 0.2) is 158 Å². The monoisotopic (exact) mass is 1550 g/mol. The zero-order valence-corrected chi connectivity index (χ0v) is 69.3. The van der Waals surface area contributed by atoms with E-state index in [1.165, 1.54) is 122 Å². The average molecular weight is 1550 g/mol. The molecule has 5 atom stereocenters. The van der Waals surface area contributed by atoms with Gasteiger partial charge in [-0.1, -0.05) is 314 Å². The van der Waals surface area contributed by atoms with E-state index in [9.17, 15) is 43.2 Å². The van der Waals surface area contributed by atoms with Crippen LogP contribution in [0.3, 0.4) is 0 Å². The molecule has 0 fully saturated rings. The second-order valence-corrected chi connectivity index (χ2v) is 30.3. The molecule has 0 radical (unpaired) electrons. The SMILES string of the molecule is CCCCC/C=C\C/C=C\C/C=C\C/C=C\C/C=C\CCC(=O)OC[C@H](COP(=O)(O)OC[C@@H](O)COP(=O)(O)OC[C@@H](COC(=O)CCCCCCCCCCCCCCCCC)OC(=O)CCC/C=C\C/C=C\C/C=C\C/C=C\CCCCC)OC(=O)CCC/C=C\C/C=C\C/C=C\C/C=C\CCCCC. The minimum atomic E-state index is -5.02. The predicted octanol–water partition coefficient (Wildman–Crippen LogP) is 24.8. The normalized spacial score (nSPS) is 14.6. The highest BCUT2D eigenvalue weighted by molar-refractivity contribution is 7.47. The summed E-state index contributed by atoms with van der Waals surface area (Å²) in [5.74, 6) is -2.40. The number of unbranched alkanes of at least 4 members (excludes halogenated alkanes) is 25. The van der Waals surface area contributed by atoms with Crippen molar-refractivity contribution in [3.05, 3.63) is 158 Å². The Balaban J connectivity index is 5.54. The summed E-state index contributed by atoms with van der Waals surface area (Å²) >= 11 is 0. The van der Waals surface area contributed by atoms with Crippen molar-refractivity contribution in [2.24, 2.45) is 0 Å². The Morgan fingerprint density at radius 1 is 0.259 bits per heavy atom. The highest BCUT2D eigenvalue weighted by Gasteiger charge is 2.30. The second-order valence-electron chi connectivity index (χ2n) is 27.4. The lowest BCUT2D eigenvalue weighted by Crippen LogP contribution is -2.30. The summed E-state index contributed by atoms with van der Waals surface area (Å²) in [5.41, 5.74) is 0. The Morgan fingerprint density at radius 3 is 0.778 bits per heavy atom. The smallest absolute Gasteiger partial charge is 0.462 e. The lowest BCUT2D eigenvalue weighted by atomic mass is 10.0. The zero-order chi connectivity index (χ0) is 78.9. The average Bonchev–Trinajstić information content (AvgIpc) is 0.903. The Morgan fingerprint density at radius 2 is 0.481 bits per heavy atom. The zero-order valence-electron chi connectivity index (χ0n) is 67.5. The lowest BCUT2D eigenvalue weighted by Gasteiger charge is -2.21. The Labute approximate surface area is 655 Å². The van der Waals surface area contributed by atoms with E-state index in [1.54, 1.807) is 0 Å². The van der Waals surface area contributed by atoms with E-state index in [-0.39, 0.29) is 25.7 Å². The number of esters is 4.